The van der Waals surface area contributed by atoms with Crippen LogP contribution in [-0.2, 0) is 11.2 Å². The molecule has 0 spiro atoms. The molecule has 0 unspecified atom stereocenters. The SMILES string of the molecule is O=C(O)Cc1ccsc1OC(=O)c1ccccc1. The van der Waals surface area contributed by atoms with Gasteiger partial charge in [0.2, 0.25) is 0 Å². The predicted molar refractivity (Wildman–Crippen MR) is 67.1 cm³/mol. The molecule has 0 saturated carbocycles. The van der Waals surface area contributed by atoms with Gasteiger partial charge >= 0.3 is 11.9 Å². The van der Waals surface area contributed by atoms with Crippen molar-refractivity contribution < 1.29 is 19.4 Å². The number of aliphatic carboxylic acids is 1. The normalized spacial score (nSPS) is 10.0. The zero-order valence-electron chi connectivity index (χ0n) is 9.33. The minimum Gasteiger partial charge on any atom is -0.481 e. The maximum absolute atomic E-state index is 11.8. The van der Waals surface area contributed by atoms with E-state index in [1.54, 1.807) is 41.8 Å². The van der Waals surface area contributed by atoms with Gasteiger partial charge in [0.1, 0.15) is 0 Å². The van der Waals surface area contributed by atoms with Gasteiger partial charge in [-0.2, -0.15) is 0 Å². The van der Waals surface area contributed by atoms with Crippen molar-refractivity contribution in [3.63, 3.8) is 0 Å². The van der Waals surface area contributed by atoms with E-state index in [4.69, 9.17) is 9.84 Å². The van der Waals surface area contributed by atoms with E-state index < -0.39 is 11.9 Å². The van der Waals surface area contributed by atoms with Crippen molar-refractivity contribution in [3.8, 4) is 5.06 Å². The lowest BCUT2D eigenvalue weighted by molar-refractivity contribution is -0.136. The maximum atomic E-state index is 11.8. The number of esters is 1. The molecule has 0 aliphatic rings. The minimum absolute atomic E-state index is 0.152. The molecule has 0 atom stereocenters. The van der Waals surface area contributed by atoms with E-state index in [1.165, 1.54) is 11.3 Å². The number of carboxylic acid groups (broad SMARTS) is 1. The van der Waals surface area contributed by atoms with E-state index in [0.29, 0.717) is 16.2 Å². The van der Waals surface area contributed by atoms with Crippen LogP contribution in [0.25, 0.3) is 0 Å². The summed E-state index contributed by atoms with van der Waals surface area (Å²) in [5.74, 6) is -1.44. The fraction of sp³-hybridized carbons (Fsp3) is 0.0769. The third kappa shape index (κ3) is 2.95. The Balaban J connectivity index is 2.13. The predicted octanol–water partition coefficient (Wildman–Crippen LogP) is 2.59. The topological polar surface area (TPSA) is 63.6 Å². The summed E-state index contributed by atoms with van der Waals surface area (Å²) < 4.78 is 5.19. The second-order valence-corrected chi connectivity index (χ2v) is 4.44. The van der Waals surface area contributed by atoms with Gasteiger partial charge in [-0.05, 0) is 23.6 Å². The number of benzene rings is 1. The van der Waals surface area contributed by atoms with E-state index in [9.17, 15) is 9.59 Å². The van der Waals surface area contributed by atoms with E-state index in [-0.39, 0.29) is 6.42 Å². The molecule has 92 valence electrons. The van der Waals surface area contributed by atoms with Crippen LogP contribution in [0.15, 0.2) is 41.8 Å². The molecule has 0 fully saturated rings. The highest BCUT2D eigenvalue weighted by Gasteiger charge is 2.14. The Labute approximate surface area is 107 Å². The third-order valence-corrected chi connectivity index (χ3v) is 3.07. The van der Waals surface area contributed by atoms with Crippen LogP contribution in [0.2, 0.25) is 0 Å². The average molecular weight is 262 g/mol. The van der Waals surface area contributed by atoms with Gasteiger partial charge in [0, 0.05) is 5.56 Å². The highest BCUT2D eigenvalue weighted by Crippen LogP contribution is 2.27. The molecule has 4 nitrogen and oxygen atoms in total. The lowest BCUT2D eigenvalue weighted by Crippen LogP contribution is -2.09. The van der Waals surface area contributed by atoms with Gasteiger partial charge in [0.25, 0.3) is 0 Å². The van der Waals surface area contributed by atoms with Crippen molar-refractivity contribution in [2.24, 2.45) is 0 Å². The quantitative estimate of drug-likeness (QED) is 0.860. The first-order chi connectivity index (χ1) is 8.66. The lowest BCUT2D eigenvalue weighted by Gasteiger charge is -2.03. The number of hydrogen-bond acceptors (Lipinski definition) is 4. The second-order valence-electron chi connectivity index (χ2n) is 3.56. The highest BCUT2D eigenvalue weighted by atomic mass is 32.1. The first-order valence-electron chi connectivity index (χ1n) is 5.22. The number of hydrogen-bond donors (Lipinski definition) is 1. The molecule has 1 N–H and O–H groups in total. The summed E-state index contributed by atoms with van der Waals surface area (Å²) in [6, 6.07) is 10.2. The molecule has 0 aliphatic carbocycles. The van der Waals surface area contributed by atoms with E-state index in [1.807, 2.05) is 0 Å². The van der Waals surface area contributed by atoms with E-state index >= 15 is 0 Å². The number of ether oxygens (including phenoxy) is 1. The van der Waals surface area contributed by atoms with Crippen LogP contribution in [0.3, 0.4) is 0 Å². The molecule has 2 rings (SSSR count). The van der Waals surface area contributed by atoms with Crippen LogP contribution in [-0.4, -0.2) is 17.0 Å². The molecular weight excluding hydrogens is 252 g/mol. The summed E-state index contributed by atoms with van der Waals surface area (Å²) >= 11 is 1.21. The van der Waals surface area contributed by atoms with Crippen molar-refractivity contribution in [1.82, 2.24) is 0 Å². The number of carbonyl (C=O) groups is 2. The first-order valence-corrected chi connectivity index (χ1v) is 6.10. The zero-order valence-corrected chi connectivity index (χ0v) is 10.1. The molecule has 1 aromatic heterocycles. The smallest absolute Gasteiger partial charge is 0.344 e. The monoisotopic (exact) mass is 262 g/mol. The molecule has 0 aliphatic heterocycles. The Morgan fingerprint density at radius 2 is 1.89 bits per heavy atom. The molecule has 0 saturated heterocycles. The van der Waals surface area contributed by atoms with Gasteiger partial charge < -0.3 is 9.84 Å². The summed E-state index contributed by atoms with van der Waals surface area (Å²) in [6.45, 7) is 0. The van der Waals surface area contributed by atoms with Crippen LogP contribution < -0.4 is 4.74 Å². The van der Waals surface area contributed by atoms with Crippen LogP contribution >= 0.6 is 11.3 Å². The van der Waals surface area contributed by atoms with Gasteiger partial charge in [-0.25, -0.2) is 4.79 Å². The Bertz CT molecular complexity index is 559. The number of thiophene rings is 1. The van der Waals surface area contributed by atoms with E-state index in [0.717, 1.165) is 0 Å². The number of rotatable bonds is 4. The average Bonchev–Trinajstić information content (AvgIpc) is 2.77. The van der Waals surface area contributed by atoms with Crippen molar-refractivity contribution in [3.05, 3.63) is 52.9 Å². The van der Waals surface area contributed by atoms with Crippen molar-refractivity contribution in [2.45, 2.75) is 6.42 Å². The molecule has 1 heterocycles. The fourth-order valence-corrected chi connectivity index (χ4v) is 2.19. The second kappa shape index (κ2) is 5.46. The van der Waals surface area contributed by atoms with Crippen molar-refractivity contribution in [1.29, 1.82) is 0 Å². The summed E-state index contributed by atoms with van der Waals surface area (Å²) in [4.78, 5) is 22.4. The number of carboxylic acids is 1. The zero-order chi connectivity index (χ0) is 13.0. The summed E-state index contributed by atoms with van der Waals surface area (Å²) in [5, 5.41) is 10.8. The van der Waals surface area contributed by atoms with E-state index in [2.05, 4.69) is 0 Å². The molecule has 5 heteroatoms. The molecule has 0 amide bonds. The molecule has 0 bridgehead atoms. The third-order valence-electron chi connectivity index (χ3n) is 2.24. The Morgan fingerprint density at radius 3 is 2.56 bits per heavy atom. The van der Waals surface area contributed by atoms with Crippen molar-refractivity contribution in [2.75, 3.05) is 0 Å². The lowest BCUT2D eigenvalue weighted by atomic mass is 10.2. The molecule has 2 aromatic rings. The van der Waals surface area contributed by atoms with Gasteiger partial charge in [-0.1, -0.05) is 18.2 Å². The van der Waals surface area contributed by atoms with Gasteiger partial charge in [-0.3, -0.25) is 4.79 Å². The fourth-order valence-electron chi connectivity index (χ4n) is 1.42. The molecule has 1 aromatic carbocycles. The van der Waals surface area contributed by atoms with Gasteiger partial charge in [0.15, 0.2) is 5.06 Å². The van der Waals surface area contributed by atoms with Crippen molar-refractivity contribution >= 4 is 23.3 Å². The highest BCUT2D eigenvalue weighted by molar-refractivity contribution is 7.12. The summed E-state index contributed by atoms with van der Waals surface area (Å²) in [5.41, 5.74) is 0.948. The Morgan fingerprint density at radius 1 is 1.17 bits per heavy atom. The molecule has 0 radical (unpaired) electrons. The van der Waals surface area contributed by atoms with Crippen LogP contribution in [0.5, 0.6) is 5.06 Å². The van der Waals surface area contributed by atoms with Crippen LogP contribution in [0.1, 0.15) is 15.9 Å². The van der Waals surface area contributed by atoms with Crippen LogP contribution in [0.4, 0.5) is 0 Å². The molecular formula is C13H10O4S. The Hall–Kier alpha value is -2.14. The standard InChI is InChI=1S/C13H10O4S/c14-11(15)8-10-6-7-18-13(10)17-12(16)9-4-2-1-3-5-9/h1-7H,8H2,(H,14,15). The van der Waals surface area contributed by atoms with Crippen LogP contribution in [0, 0.1) is 0 Å². The molecule has 18 heavy (non-hydrogen) atoms. The number of carbonyl (C=O) groups excluding carboxylic acids is 1. The first kappa shape index (κ1) is 12.3. The minimum atomic E-state index is -0.953. The Kier molecular flexibility index (Phi) is 3.74. The summed E-state index contributed by atoms with van der Waals surface area (Å²) in [7, 11) is 0. The van der Waals surface area contributed by atoms with Gasteiger partial charge in [-0.15, -0.1) is 11.3 Å². The maximum Gasteiger partial charge on any atom is 0.344 e. The summed E-state index contributed by atoms with van der Waals surface area (Å²) in [6.07, 6.45) is -0.152. The largest absolute Gasteiger partial charge is 0.481 e. The van der Waals surface area contributed by atoms with Gasteiger partial charge in [0.05, 0.1) is 12.0 Å².